The van der Waals surface area contributed by atoms with Crippen LogP contribution < -0.4 is 4.90 Å². The molecule has 3 rings (SSSR count). The number of aromatic nitrogens is 3. The molecule has 0 aliphatic heterocycles. The lowest BCUT2D eigenvalue weighted by Crippen LogP contribution is -2.26. The Morgan fingerprint density at radius 2 is 1.81 bits per heavy atom. The first-order valence-corrected chi connectivity index (χ1v) is 9.14. The molecule has 2 aromatic heterocycles. The van der Waals surface area contributed by atoms with E-state index in [1.165, 1.54) is 0 Å². The van der Waals surface area contributed by atoms with E-state index in [4.69, 9.17) is 0 Å². The number of carbonyl (C=O) groups excluding carboxylic acids is 1. The minimum absolute atomic E-state index is 0.0227. The zero-order valence-corrected chi connectivity index (χ0v) is 16.9. The van der Waals surface area contributed by atoms with Crippen molar-refractivity contribution in [3.05, 3.63) is 53.3 Å². The molecule has 3 aromatic rings. The van der Waals surface area contributed by atoms with E-state index in [0.717, 1.165) is 28.0 Å². The SMILES string of the molecule is Cc1cc(C(=O)N(C)Cc2ccc(N(C)C)cc2)c2cnn(C(C)C)c2n1. The Kier molecular flexibility index (Phi) is 5.17. The van der Waals surface area contributed by atoms with E-state index in [2.05, 4.69) is 53.1 Å². The lowest BCUT2D eigenvalue weighted by atomic mass is 10.1. The molecule has 0 aliphatic rings. The molecule has 0 radical (unpaired) electrons. The predicted octanol–water partition coefficient (Wildman–Crippen LogP) is 3.66. The highest BCUT2D eigenvalue weighted by atomic mass is 16.2. The van der Waals surface area contributed by atoms with E-state index in [0.29, 0.717) is 12.1 Å². The van der Waals surface area contributed by atoms with Gasteiger partial charge < -0.3 is 9.80 Å². The van der Waals surface area contributed by atoms with E-state index in [-0.39, 0.29) is 11.9 Å². The molecule has 0 unspecified atom stereocenters. The fourth-order valence-electron chi connectivity index (χ4n) is 3.15. The van der Waals surface area contributed by atoms with Gasteiger partial charge in [-0.15, -0.1) is 0 Å². The number of amides is 1. The van der Waals surface area contributed by atoms with Crippen LogP contribution in [0.2, 0.25) is 0 Å². The number of fused-ring (bicyclic) bond motifs is 1. The quantitative estimate of drug-likeness (QED) is 0.692. The van der Waals surface area contributed by atoms with Gasteiger partial charge in [0, 0.05) is 45.1 Å². The van der Waals surface area contributed by atoms with E-state index in [1.807, 2.05) is 38.8 Å². The van der Waals surface area contributed by atoms with Crippen molar-refractivity contribution in [2.75, 3.05) is 26.0 Å². The van der Waals surface area contributed by atoms with Crippen molar-refractivity contribution in [2.45, 2.75) is 33.4 Å². The van der Waals surface area contributed by atoms with Gasteiger partial charge in [0.25, 0.3) is 5.91 Å². The molecule has 2 heterocycles. The maximum absolute atomic E-state index is 13.1. The third-order valence-electron chi connectivity index (χ3n) is 4.63. The molecular weight excluding hydrogens is 338 g/mol. The lowest BCUT2D eigenvalue weighted by Gasteiger charge is -2.19. The Balaban J connectivity index is 1.88. The zero-order valence-electron chi connectivity index (χ0n) is 16.9. The lowest BCUT2D eigenvalue weighted by molar-refractivity contribution is 0.0787. The molecule has 0 N–H and O–H groups in total. The van der Waals surface area contributed by atoms with Crippen LogP contribution >= 0.6 is 0 Å². The van der Waals surface area contributed by atoms with Crippen molar-refractivity contribution < 1.29 is 4.79 Å². The van der Waals surface area contributed by atoms with Crippen molar-refractivity contribution in [1.82, 2.24) is 19.7 Å². The largest absolute Gasteiger partial charge is 0.378 e. The van der Waals surface area contributed by atoms with Gasteiger partial charge in [-0.05, 0) is 44.5 Å². The summed E-state index contributed by atoms with van der Waals surface area (Å²) in [4.78, 5) is 21.5. The molecule has 142 valence electrons. The average molecular weight is 365 g/mol. The van der Waals surface area contributed by atoms with Crippen LogP contribution in [0.5, 0.6) is 0 Å². The second kappa shape index (κ2) is 7.39. The Labute approximate surface area is 160 Å². The van der Waals surface area contributed by atoms with E-state index >= 15 is 0 Å². The van der Waals surface area contributed by atoms with Gasteiger partial charge in [0.05, 0.1) is 17.1 Å². The van der Waals surface area contributed by atoms with Crippen molar-refractivity contribution in [2.24, 2.45) is 0 Å². The van der Waals surface area contributed by atoms with Crippen LogP contribution in [-0.2, 0) is 6.54 Å². The normalized spacial score (nSPS) is 11.2. The van der Waals surface area contributed by atoms with E-state index in [9.17, 15) is 4.79 Å². The molecule has 0 aliphatic carbocycles. The van der Waals surface area contributed by atoms with Crippen LogP contribution in [0.4, 0.5) is 5.69 Å². The first kappa shape index (κ1) is 18.9. The molecule has 0 atom stereocenters. The fraction of sp³-hybridized carbons (Fsp3) is 0.381. The number of aryl methyl sites for hydroxylation is 1. The number of carbonyl (C=O) groups is 1. The number of hydrogen-bond donors (Lipinski definition) is 0. The van der Waals surface area contributed by atoms with Gasteiger partial charge >= 0.3 is 0 Å². The monoisotopic (exact) mass is 365 g/mol. The second-order valence-electron chi connectivity index (χ2n) is 7.45. The molecule has 0 spiro atoms. The summed E-state index contributed by atoms with van der Waals surface area (Å²) in [6.07, 6.45) is 1.74. The molecule has 27 heavy (non-hydrogen) atoms. The topological polar surface area (TPSA) is 54.3 Å². The fourth-order valence-corrected chi connectivity index (χ4v) is 3.15. The molecule has 0 fully saturated rings. The van der Waals surface area contributed by atoms with Gasteiger partial charge in [-0.2, -0.15) is 5.10 Å². The minimum Gasteiger partial charge on any atom is -0.378 e. The summed E-state index contributed by atoms with van der Waals surface area (Å²) in [5.41, 5.74) is 4.46. The van der Waals surface area contributed by atoms with Crippen molar-refractivity contribution in [3.8, 4) is 0 Å². The first-order chi connectivity index (χ1) is 12.8. The maximum Gasteiger partial charge on any atom is 0.254 e. The summed E-state index contributed by atoms with van der Waals surface area (Å²) in [5.74, 6) is -0.0227. The Hall–Kier alpha value is -2.89. The van der Waals surface area contributed by atoms with Gasteiger partial charge in [-0.3, -0.25) is 4.79 Å². The van der Waals surface area contributed by atoms with Crippen LogP contribution in [0.15, 0.2) is 36.5 Å². The summed E-state index contributed by atoms with van der Waals surface area (Å²) in [6, 6.07) is 10.3. The van der Waals surface area contributed by atoms with E-state index in [1.54, 1.807) is 11.1 Å². The predicted molar refractivity (Wildman–Crippen MR) is 109 cm³/mol. The number of nitrogens with zero attached hydrogens (tertiary/aromatic N) is 5. The van der Waals surface area contributed by atoms with Gasteiger partial charge in [-0.25, -0.2) is 9.67 Å². The molecule has 6 heteroatoms. The summed E-state index contributed by atoms with van der Waals surface area (Å²) < 4.78 is 1.86. The molecule has 1 amide bonds. The maximum atomic E-state index is 13.1. The summed E-state index contributed by atoms with van der Waals surface area (Å²) in [5, 5.41) is 5.23. The number of hydrogen-bond acceptors (Lipinski definition) is 4. The van der Waals surface area contributed by atoms with Gasteiger partial charge in [0.2, 0.25) is 0 Å². The van der Waals surface area contributed by atoms with E-state index < -0.39 is 0 Å². The third-order valence-corrected chi connectivity index (χ3v) is 4.63. The second-order valence-corrected chi connectivity index (χ2v) is 7.45. The summed E-state index contributed by atoms with van der Waals surface area (Å²) in [7, 11) is 5.86. The van der Waals surface area contributed by atoms with Crippen molar-refractivity contribution >= 4 is 22.6 Å². The Morgan fingerprint density at radius 3 is 2.41 bits per heavy atom. The number of benzene rings is 1. The average Bonchev–Trinajstić information content (AvgIpc) is 3.04. The highest BCUT2D eigenvalue weighted by molar-refractivity contribution is 6.05. The number of pyridine rings is 1. The third kappa shape index (κ3) is 3.79. The minimum atomic E-state index is -0.0227. The Morgan fingerprint density at radius 1 is 1.15 bits per heavy atom. The van der Waals surface area contributed by atoms with Crippen LogP contribution in [0.1, 0.15) is 41.5 Å². The summed E-state index contributed by atoms with van der Waals surface area (Å²) >= 11 is 0. The number of anilines is 1. The highest BCUT2D eigenvalue weighted by Gasteiger charge is 2.19. The van der Waals surface area contributed by atoms with Gasteiger partial charge in [-0.1, -0.05) is 12.1 Å². The molecular formula is C21H27N5O. The van der Waals surface area contributed by atoms with Crippen LogP contribution in [-0.4, -0.2) is 46.7 Å². The molecule has 6 nitrogen and oxygen atoms in total. The molecule has 0 saturated carbocycles. The summed E-state index contributed by atoms with van der Waals surface area (Å²) in [6.45, 7) is 6.57. The van der Waals surface area contributed by atoms with Crippen molar-refractivity contribution in [3.63, 3.8) is 0 Å². The smallest absolute Gasteiger partial charge is 0.254 e. The molecule has 0 bridgehead atoms. The standard InChI is InChI=1S/C21H27N5O/c1-14(2)26-20-19(12-22-26)18(11-15(3)23-20)21(27)25(6)13-16-7-9-17(10-8-16)24(4)5/h7-12,14H,13H2,1-6H3. The van der Waals surface area contributed by atoms with Gasteiger partial charge in [0.1, 0.15) is 0 Å². The molecule has 1 aromatic carbocycles. The first-order valence-electron chi connectivity index (χ1n) is 9.14. The Bertz CT molecular complexity index is 957. The van der Waals surface area contributed by atoms with Gasteiger partial charge in [0.15, 0.2) is 5.65 Å². The van der Waals surface area contributed by atoms with Crippen LogP contribution in [0.25, 0.3) is 11.0 Å². The number of rotatable bonds is 5. The zero-order chi connectivity index (χ0) is 19.7. The highest BCUT2D eigenvalue weighted by Crippen LogP contribution is 2.23. The molecule has 0 saturated heterocycles. The van der Waals surface area contributed by atoms with Crippen LogP contribution in [0, 0.1) is 6.92 Å². The van der Waals surface area contributed by atoms with Crippen LogP contribution in [0.3, 0.4) is 0 Å². The van der Waals surface area contributed by atoms with Crippen molar-refractivity contribution in [1.29, 1.82) is 0 Å².